The van der Waals surface area contributed by atoms with E-state index < -0.39 is 23.9 Å². The molecule has 4 N–H and O–H groups in total. The van der Waals surface area contributed by atoms with Gasteiger partial charge >= 0.3 is 12.0 Å². The number of amides is 3. The minimum Gasteiger partial charge on any atom is -0.480 e. The minimum absolute atomic E-state index is 0.0868. The zero-order valence-corrected chi connectivity index (χ0v) is 19.2. The van der Waals surface area contributed by atoms with Crippen molar-refractivity contribution in [1.29, 1.82) is 0 Å². The van der Waals surface area contributed by atoms with Gasteiger partial charge in [0.15, 0.2) is 0 Å². The van der Waals surface area contributed by atoms with E-state index >= 15 is 0 Å². The molecule has 0 saturated heterocycles. The van der Waals surface area contributed by atoms with Gasteiger partial charge in [-0.15, -0.1) is 0 Å². The van der Waals surface area contributed by atoms with E-state index in [0.29, 0.717) is 17.8 Å². The predicted molar refractivity (Wildman–Crippen MR) is 131 cm³/mol. The largest absolute Gasteiger partial charge is 0.480 e. The van der Waals surface area contributed by atoms with Crippen LogP contribution in [0.25, 0.3) is 10.8 Å². The average molecular weight is 448 g/mol. The lowest BCUT2D eigenvalue weighted by molar-refractivity contribution is -0.139. The minimum atomic E-state index is -1.10. The standard InChI is InChI=1S/C26H29N3O4/c1-15(2)12-22(25(31)32)27-24(30)20-13-18-10-5-6-11-19(18)14-21(20)28-26(33)29-23-16(3)8-7-9-17(23)4/h5-11,13-15,22H,12H2,1-4H3,(H,27,30)(H,31,32)(H2,28,29,33)/t22-/m0/s1. The SMILES string of the molecule is Cc1cccc(C)c1NC(=O)Nc1cc2ccccc2cc1C(=O)N[C@@H](CC(C)C)C(=O)O. The number of anilines is 2. The topological polar surface area (TPSA) is 108 Å². The maximum atomic E-state index is 13.1. The van der Waals surface area contributed by atoms with Gasteiger partial charge in [-0.2, -0.15) is 0 Å². The van der Waals surface area contributed by atoms with Crippen LogP contribution in [0.15, 0.2) is 54.6 Å². The number of fused-ring (bicyclic) bond motifs is 1. The third-order valence-corrected chi connectivity index (χ3v) is 5.41. The quantitative estimate of drug-likeness (QED) is 0.393. The fourth-order valence-electron chi connectivity index (χ4n) is 3.74. The van der Waals surface area contributed by atoms with Crippen LogP contribution in [0.4, 0.5) is 16.2 Å². The number of rotatable bonds is 7. The number of benzene rings is 3. The molecule has 0 unspecified atom stereocenters. The Labute approximate surface area is 193 Å². The van der Waals surface area contributed by atoms with Crippen LogP contribution in [-0.2, 0) is 4.79 Å². The molecule has 0 aliphatic heterocycles. The van der Waals surface area contributed by atoms with Crippen LogP contribution in [0.2, 0.25) is 0 Å². The highest BCUT2D eigenvalue weighted by Gasteiger charge is 2.24. The summed E-state index contributed by atoms with van der Waals surface area (Å²) < 4.78 is 0. The number of aryl methyl sites for hydroxylation is 2. The Hall–Kier alpha value is -3.87. The molecular formula is C26H29N3O4. The van der Waals surface area contributed by atoms with E-state index in [1.54, 1.807) is 12.1 Å². The summed E-state index contributed by atoms with van der Waals surface area (Å²) in [7, 11) is 0. The molecule has 0 aliphatic carbocycles. The van der Waals surface area contributed by atoms with E-state index in [2.05, 4.69) is 16.0 Å². The molecule has 1 atom stereocenters. The molecule has 3 rings (SSSR count). The zero-order valence-electron chi connectivity index (χ0n) is 19.2. The van der Waals surface area contributed by atoms with Crippen LogP contribution >= 0.6 is 0 Å². The number of carbonyl (C=O) groups is 3. The van der Waals surface area contributed by atoms with Crippen molar-refractivity contribution in [1.82, 2.24) is 5.32 Å². The Morgan fingerprint density at radius 2 is 1.48 bits per heavy atom. The maximum Gasteiger partial charge on any atom is 0.326 e. The van der Waals surface area contributed by atoms with E-state index in [1.807, 2.05) is 70.2 Å². The first-order chi connectivity index (χ1) is 15.7. The first-order valence-electron chi connectivity index (χ1n) is 10.9. The fourth-order valence-corrected chi connectivity index (χ4v) is 3.74. The molecule has 172 valence electrons. The van der Waals surface area contributed by atoms with Crippen molar-refractivity contribution >= 4 is 40.1 Å². The highest BCUT2D eigenvalue weighted by molar-refractivity contribution is 6.10. The second-order valence-corrected chi connectivity index (χ2v) is 8.58. The molecule has 33 heavy (non-hydrogen) atoms. The van der Waals surface area contributed by atoms with Crippen LogP contribution in [0.3, 0.4) is 0 Å². The molecule has 0 bridgehead atoms. The van der Waals surface area contributed by atoms with E-state index in [1.165, 1.54) is 0 Å². The van der Waals surface area contributed by atoms with Crippen LogP contribution in [0, 0.1) is 19.8 Å². The molecule has 0 aliphatic rings. The summed E-state index contributed by atoms with van der Waals surface area (Å²) >= 11 is 0. The number of carbonyl (C=O) groups excluding carboxylic acids is 2. The van der Waals surface area contributed by atoms with E-state index in [9.17, 15) is 19.5 Å². The third kappa shape index (κ3) is 5.88. The summed E-state index contributed by atoms with van der Waals surface area (Å²) in [5.74, 6) is -1.57. The first-order valence-corrected chi connectivity index (χ1v) is 10.9. The first kappa shape index (κ1) is 23.8. The number of hydrogen-bond acceptors (Lipinski definition) is 3. The Morgan fingerprint density at radius 1 is 0.879 bits per heavy atom. The van der Waals surface area contributed by atoms with Gasteiger partial charge in [0.25, 0.3) is 5.91 Å². The predicted octanol–water partition coefficient (Wildman–Crippen LogP) is 5.33. The number of para-hydroxylation sites is 1. The number of carboxylic acid groups (broad SMARTS) is 1. The van der Waals surface area contributed by atoms with Gasteiger partial charge in [0.2, 0.25) is 0 Å². The van der Waals surface area contributed by atoms with E-state index in [4.69, 9.17) is 0 Å². The van der Waals surface area contributed by atoms with Crippen LogP contribution in [0.1, 0.15) is 41.8 Å². The maximum absolute atomic E-state index is 13.1. The van der Waals surface area contributed by atoms with Crippen LogP contribution < -0.4 is 16.0 Å². The summed E-state index contributed by atoms with van der Waals surface area (Å²) in [5.41, 5.74) is 3.02. The lowest BCUT2D eigenvalue weighted by Crippen LogP contribution is -2.42. The average Bonchev–Trinajstić information content (AvgIpc) is 2.75. The normalized spacial score (nSPS) is 11.8. The summed E-state index contributed by atoms with van der Waals surface area (Å²) in [4.78, 5) is 37.6. The van der Waals surface area contributed by atoms with Gasteiger partial charge in [-0.3, -0.25) is 4.79 Å². The van der Waals surface area contributed by atoms with Crippen molar-refractivity contribution < 1.29 is 19.5 Å². The highest BCUT2D eigenvalue weighted by Crippen LogP contribution is 2.26. The molecule has 7 nitrogen and oxygen atoms in total. The number of aliphatic carboxylic acids is 1. The van der Waals surface area contributed by atoms with Crippen molar-refractivity contribution in [2.24, 2.45) is 5.92 Å². The number of urea groups is 1. The van der Waals surface area contributed by atoms with E-state index in [-0.39, 0.29) is 11.5 Å². The van der Waals surface area contributed by atoms with Crippen LogP contribution in [-0.4, -0.2) is 29.1 Å². The summed E-state index contributed by atoms with van der Waals surface area (Å²) in [6.45, 7) is 7.59. The Bertz CT molecular complexity index is 1180. The molecule has 3 aromatic carbocycles. The third-order valence-electron chi connectivity index (χ3n) is 5.41. The van der Waals surface area contributed by atoms with Gasteiger partial charge in [0.05, 0.1) is 11.3 Å². The summed E-state index contributed by atoms with van der Waals surface area (Å²) in [6, 6.07) is 15.0. The fraction of sp³-hybridized carbons (Fsp3) is 0.269. The van der Waals surface area contributed by atoms with Crippen molar-refractivity contribution in [2.45, 2.75) is 40.2 Å². The van der Waals surface area contributed by atoms with Crippen LogP contribution in [0.5, 0.6) is 0 Å². The van der Waals surface area contributed by atoms with Crippen molar-refractivity contribution in [2.75, 3.05) is 10.6 Å². The van der Waals surface area contributed by atoms with Crippen molar-refractivity contribution in [3.05, 3.63) is 71.3 Å². The van der Waals surface area contributed by atoms with Gasteiger partial charge in [-0.05, 0) is 60.2 Å². The number of nitrogens with one attached hydrogen (secondary N) is 3. The molecule has 0 radical (unpaired) electrons. The smallest absolute Gasteiger partial charge is 0.326 e. The molecule has 0 fully saturated rings. The summed E-state index contributed by atoms with van der Waals surface area (Å²) in [5, 5.41) is 19.4. The number of carboxylic acids is 1. The second kappa shape index (κ2) is 10.2. The molecule has 3 aromatic rings. The number of hydrogen-bond donors (Lipinski definition) is 4. The molecular weight excluding hydrogens is 418 g/mol. The Morgan fingerprint density at radius 3 is 2.06 bits per heavy atom. The van der Waals surface area contributed by atoms with Gasteiger partial charge in [-0.1, -0.05) is 56.3 Å². The molecule has 0 heterocycles. The van der Waals surface area contributed by atoms with E-state index in [0.717, 1.165) is 21.9 Å². The zero-order chi connectivity index (χ0) is 24.1. The van der Waals surface area contributed by atoms with Gasteiger partial charge in [0.1, 0.15) is 6.04 Å². The van der Waals surface area contributed by atoms with Gasteiger partial charge < -0.3 is 21.1 Å². The monoisotopic (exact) mass is 447 g/mol. The summed E-state index contributed by atoms with van der Waals surface area (Å²) in [6.07, 6.45) is 0.296. The molecule has 0 saturated carbocycles. The van der Waals surface area contributed by atoms with Gasteiger partial charge in [0, 0.05) is 5.69 Å². The second-order valence-electron chi connectivity index (χ2n) is 8.58. The Kier molecular flexibility index (Phi) is 7.33. The van der Waals surface area contributed by atoms with Crippen molar-refractivity contribution in [3.63, 3.8) is 0 Å². The highest BCUT2D eigenvalue weighted by atomic mass is 16.4. The molecule has 0 spiro atoms. The van der Waals surface area contributed by atoms with Gasteiger partial charge in [-0.25, -0.2) is 9.59 Å². The lowest BCUT2D eigenvalue weighted by atomic mass is 10.0. The molecule has 7 heteroatoms. The molecule has 0 aromatic heterocycles. The molecule has 3 amide bonds. The Balaban J connectivity index is 1.93. The lowest BCUT2D eigenvalue weighted by Gasteiger charge is -2.19. The van der Waals surface area contributed by atoms with Crippen molar-refractivity contribution in [3.8, 4) is 0 Å².